The molecule has 0 unspecified atom stereocenters. The minimum absolute atomic E-state index is 0.646. The second kappa shape index (κ2) is 7.45. The van der Waals surface area contributed by atoms with Crippen molar-refractivity contribution < 1.29 is 4.42 Å². The van der Waals surface area contributed by atoms with Gasteiger partial charge in [-0.2, -0.15) is 4.98 Å². The van der Waals surface area contributed by atoms with E-state index in [-0.39, 0.29) is 0 Å². The van der Waals surface area contributed by atoms with Crippen molar-refractivity contribution in [2.24, 2.45) is 5.92 Å². The van der Waals surface area contributed by atoms with Crippen LogP contribution in [0.3, 0.4) is 0 Å². The van der Waals surface area contributed by atoms with E-state index in [1.807, 2.05) is 0 Å². The highest BCUT2D eigenvalue weighted by Crippen LogP contribution is 2.19. The van der Waals surface area contributed by atoms with Crippen molar-refractivity contribution in [1.82, 2.24) is 10.3 Å². The Morgan fingerprint density at radius 2 is 2.30 bits per heavy atom. The Morgan fingerprint density at radius 1 is 1.45 bits per heavy atom. The number of nitrogens with zero attached hydrogens (tertiary/aromatic N) is 2. The van der Waals surface area contributed by atoms with E-state index in [0.29, 0.717) is 11.9 Å². The van der Waals surface area contributed by atoms with Gasteiger partial charge in [0.15, 0.2) is 0 Å². The van der Waals surface area contributed by atoms with Crippen LogP contribution in [-0.4, -0.2) is 18.1 Å². The van der Waals surface area contributed by atoms with Crippen LogP contribution in [0.25, 0.3) is 0 Å². The number of anilines is 1. The van der Waals surface area contributed by atoms with E-state index in [0.717, 1.165) is 31.9 Å². The van der Waals surface area contributed by atoms with E-state index < -0.39 is 0 Å². The van der Waals surface area contributed by atoms with Gasteiger partial charge in [0.2, 0.25) is 0 Å². The number of hydrogen-bond donors (Lipinski definition) is 1. The molecule has 0 amide bonds. The number of thiophene rings is 1. The van der Waals surface area contributed by atoms with Crippen molar-refractivity contribution in [3.8, 4) is 0 Å². The molecule has 5 heteroatoms. The van der Waals surface area contributed by atoms with Crippen molar-refractivity contribution in [3.05, 3.63) is 34.3 Å². The smallest absolute Gasteiger partial charge is 0.297 e. The van der Waals surface area contributed by atoms with E-state index in [4.69, 9.17) is 4.42 Å². The standard InChI is InChI=1S/C15H23N3OS/c1-4-18(10-14-6-5-7-20-14)15-17-13(11-19-15)9-16-8-12(2)3/h5-7,11-12,16H,4,8-10H2,1-3H3. The molecule has 2 heterocycles. The van der Waals surface area contributed by atoms with E-state index in [1.165, 1.54) is 4.88 Å². The average molecular weight is 293 g/mol. The molecule has 0 atom stereocenters. The molecule has 2 aromatic heterocycles. The molecule has 0 aromatic carbocycles. The number of nitrogens with one attached hydrogen (secondary N) is 1. The lowest BCUT2D eigenvalue weighted by molar-refractivity contribution is 0.529. The summed E-state index contributed by atoms with van der Waals surface area (Å²) in [5.41, 5.74) is 0.963. The summed E-state index contributed by atoms with van der Waals surface area (Å²) in [5.74, 6) is 0.646. The molecular formula is C15H23N3OS. The molecule has 0 radical (unpaired) electrons. The molecular weight excluding hydrogens is 270 g/mol. The lowest BCUT2D eigenvalue weighted by Gasteiger charge is -2.17. The van der Waals surface area contributed by atoms with Gasteiger partial charge in [-0.15, -0.1) is 11.3 Å². The molecule has 4 nitrogen and oxygen atoms in total. The molecule has 0 aliphatic rings. The topological polar surface area (TPSA) is 41.3 Å². The summed E-state index contributed by atoms with van der Waals surface area (Å²) in [7, 11) is 0. The molecule has 2 rings (SSSR count). The van der Waals surface area contributed by atoms with Crippen molar-refractivity contribution in [1.29, 1.82) is 0 Å². The maximum atomic E-state index is 5.60. The molecule has 1 N–H and O–H groups in total. The highest BCUT2D eigenvalue weighted by molar-refractivity contribution is 7.09. The SMILES string of the molecule is CCN(Cc1cccs1)c1nc(CNCC(C)C)co1. The van der Waals surface area contributed by atoms with Gasteiger partial charge in [0.1, 0.15) is 6.26 Å². The van der Waals surface area contributed by atoms with Crippen LogP contribution in [0, 0.1) is 5.92 Å². The number of hydrogen-bond acceptors (Lipinski definition) is 5. The quantitative estimate of drug-likeness (QED) is 0.808. The second-order valence-corrected chi connectivity index (χ2v) is 6.27. The molecule has 2 aromatic rings. The first-order chi connectivity index (χ1) is 9.69. The van der Waals surface area contributed by atoms with Crippen LogP contribution in [0.15, 0.2) is 28.2 Å². The van der Waals surface area contributed by atoms with Gasteiger partial charge >= 0.3 is 0 Å². The third kappa shape index (κ3) is 4.35. The fraction of sp³-hybridized carbons (Fsp3) is 0.533. The fourth-order valence-electron chi connectivity index (χ4n) is 1.92. The summed E-state index contributed by atoms with van der Waals surface area (Å²) in [6.07, 6.45) is 1.75. The highest BCUT2D eigenvalue weighted by Gasteiger charge is 2.12. The number of rotatable bonds is 8. The van der Waals surface area contributed by atoms with Gasteiger partial charge in [0, 0.05) is 18.0 Å². The first-order valence-corrected chi connectivity index (χ1v) is 7.99. The van der Waals surface area contributed by atoms with E-state index >= 15 is 0 Å². The summed E-state index contributed by atoms with van der Waals surface area (Å²) in [6.45, 7) is 10.0. The molecule has 0 saturated carbocycles. The maximum Gasteiger partial charge on any atom is 0.297 e. The first-order valence-electron chi connectivity index (χ1n) is 7.11. The molecule has 0 spiro atoms. The molecule has 0 saturated heterocycles. The Morgan fingerprint density at radius 3 is 2.95 bits per heavy atom. The normalized spacial score (nSPS) is 11.2. The first kappa shape index (κ1) is 15.1. The van der Waals surface area contributed by atoms with Gasteiger partial charge in [-0.3, -0.25) is 0 Å². The van der Waals surface area contributed by atoms with Crippen molar-refractivity contribution in [2.75, 3.05) is 18.0 Å². The van der Waals surface area contributed by atoms with Gasteiger partial charge in [-0.1, -0.05) is 19.9 Å². The van der Waals surface area contributed by atoms with Crippen LogP contribution in [-0.2, 0) is 13.1 Å². The van der Waals surface area contributed by atoms with Crippen LogP contribution in [0.5, 0.6) is 0 Å². The maximum absolute atomic E-state index is 5.60. The Labute approximate surface area is 124 Å². The Balaban J connectivity index is 1.92. The largest absolute Gasteiger partial charge is 0.432 e. The Bertz CT molecular complexity index is 493. The van der Waals surface area contributed by atoms with Crippen LogP contribution >= 0.6 is 11.3 Å². The second-order valence-electron chi connectivity index (χ2n) is 5.24. The monoisotopic (exact) mass is 293 g/mol. The van der Waals surface area contributed by atoms with Crippen LogP contribution in [0.4, 0.5) is 6.01 Å². The average Bonchev–Trinajstić information content (AvgIpc) is 3.06. The molecule has 0 aliphatic heterocycles. The molecule has 0 aliphatic carbocycles. The van der Waals surface area contributed by atoms with Gasteiger partial charge < -0.3 is 14.6 Å². The minimum Gasteiger partial charge on any atom is -0.432 e. The fourth-order valence-corrected chi connectivity index (χ4v) is 2.64. The van der Waals surface area contributed by atoms with Gasteiger partial charge in [-0.25, -0.2) is 0 Å². The summed E-state index contributed by atoms with van der Waals surface area (Å²) < 4.78 is 5.60. The van der Waals surface area contributed by atoms with Gasteiger partial charge in [-0.05, 0) is 30.8 Å². The van der Waals surface area contributed by atoms with Crippen LogP contribution in [0.1, 0.15) is 31.3 Å². The van der Waals surface area contributed by atoms with Crippen molar-refractivity contribution in [2.45, 2.75) is 33.9 Å². The van der Waals surface area contributed by atoms with Crippen molar-refractivity contribution >= 4 is 17.4 Å². The molecule has 110 valence electrons. The zero-order valence-electron chi connectivity index (χ0n) is 12.4. The lowest BCUT2D eigenvalue weighted by Crippen LogP contribution is -2.22. The number of aromatic nitrogens is 1. The van der Waals surface area contributed by atoms with E-state index in [1.54, 1.807) is 17.6 Å². The van der Waals surface area contributed by atoms with Gasteiger partial charge in [0.05, 0.1) is 12.2 Å². The minimum atomic E-state index is 0.646. The van der Waals surface area contributed by atoms with E-state index in [2.05, 4.69) is 53.5 Å². The predicted octanol–water partition coefficient (Wildman–Crippen LogP) is 3.51. The number of oxazole rings is 1. The zero-order valence-corrected chi connectivity index (χ0v) is 13.2. The molecule has 20 heavy (non-hydrogen) atoms. The molecule has 0 bridgehead atoms. The Kier molecular flexibility index (Phi) is 5.61. The summed E-state index contributed by atoms with van der Waals surface area (Å²) in [4.78, 5) is 8.03. The summed E-state index contributed by atoms with van der Waals surface area (Å²) >= 11 is 1.76. The zero-order chi connectivity index (χ0) is 14.4. The highest BCUT2D eigenvalue weighted by atomic mass is 32.1. The third-order valence-electron chi connectivity index (χ3n) is 2.98. The predicted molar refractivity (Wildman–Crippen MR) is 84.1 cm³/mol. The van der Waals surface area contributed by atoms with Crippen LogP contribution in [0.2, 0.25) is 0 Å². The van der Waals surface area contributed by atoms with Gasteiger partial charge in [0.25, 0.3) is 6.01 Å². The third-order valence-corrected chi connectivity index (χ3v) is 3.84. The van der Waals surface area contributed by atoms with Crippen molar-refractivity contribution in [3.63, 3.8) is 0 Å². The Hall–Kier alpha value is -1.33. The van der Waals surface area contributed by atoms with Crippen LogP contribution < -0.4 is 10.2 Å². The van der Waals surface area contributed by atoms with E-state index in [9.17, 15) is 0 Å². The summed E-state index contributed by atoms with van der Waals surface area (Å²) in [6, 6.07) is 4.92. The summed E-state index contributed by atoms with van der Waals surface area (Å²) in [5, 5.41) is 5.48. The lowest BCUT2D eigenvalue weighted by atomic mass is 10.2. The molecule has 0 fully saturated rings.